The number of nitrogens with zero attached hydrogens (tertiary/aromatic N) is 1. The lowest BCUT2D eigenvalue weighted by atomic mass is 9.83. The highest BCUT2D eigenvalue weighted by Gasteiger charge is 2.44. The fraction of sp³-hybridized carbons (Fsp3) is 0.571. The van der Waals surface area contributed by atoms with Crippen LogP contribution in [0.4, 0.5) is 0 Å². The highest BCUT2D eigenvalue weighted by molar-refractivity contribution is 5.85. The average Bonchev–Trinajstić information content (AvgIpc) is 3.09. The van der Waals surface area contributed by atoms with Crippen molar-refractivity contribution < 1.29 is 9.53 Å². The predicted molar refractivity (Wildman–Crippen MR) is 101 cm³/mol. The molecule has 5 nitrogen and oxygen atoms in total. The van der Waals surface area contributed by atoms with Crippen LogP contribution in [0.3, 0.4) is 0 Å². The molecular weight excluding hydrogens is 326 g/mol. The molecule has 0 aliphatic carbocycles. The van der Waals surface area contributed by atoms with Crippen LogP contribution in [0.2, 0.25) is 0 Å². The molecule has 1 atom stereocenters. The van der Waals surface area contributed by atoms with Gasteiger partial charge in [0.15, 0.2) is 0 Å². The number of aromatic nitrogens is 1. The predicted octanol–water partition coefficient (Wildman–Crippen LogP) is 2.70. The number of amides is 1. The van der Waals surface area contributed by atoms with Crippen LogP contribution in [0.25, 0.3) is 10.9 Å². The van der Waals surface area contributed by atoms with Crippen molar-refractivity contribution in [2.75, 3.05) is 26.2 Å². The molecule has 5 rings (SSSR count). The Labute approximate surface area is 154 Å². The van der Waals surface area contributed by atoms with E-state index in [1.54, 1.807) is 0 Å². The summed E-state index contributed by atoms with van der Waals surface area (Å²) in [6, 6.07) is 8.56. The summed E-state index contributed by atoms with van der Waals surface area (Å²) >= 11 is 0. The zero-order valence-electron chi connectivity index (χ0n) is 15.2. The zero-order chi connectivity index (χ0) is 17.6. The molecule has 1 aromatic carbocycles. The van der Waals surface area contributed by atoms with Crippen molar-refractivity contribution in [3.8, 4) is 0 Å². The number of aromatic amines is 1. The summed E-state index contributed by atoms with van der Waals surface area (Å²) in [4.78, 5) is 18.5. The largest absolute Gasteiger partial charge is 0.368 e. The standard InChI is InChI=1S/C21H27N3O2/c25-20(18-7-3-4-11-22-18)24-12-9-21(10-13-24)19-16(8-14-26-21)15-5-1-2-6-17(15)23-19/h1-2,5-6,18,22-23H,3-4,7-14H2/t18-/m0/s1. The fourth-order valence-electron chi connectivity index (χ4n) is 5.03. The van der Waals surface area contributed by atoms with Gasteiger partial charge in [-0.25, -0.2) is 0 Å². The van der Waals surface area contributed by atoms with E-state index in [1.807, 2.05) is 0 Å². The van der Waals surface area contributed by atoms with Crippen LogP contribution in [0, 0.1) is 0 Å². The Hall–Kier alpha value is -1.85. The molecule has 0 radical (unpaired) electrons. The lowest BCUT2D eigenvalue weighted by molar-refractivity contribution is -0.143. The number of H-pyrrole nitrogens is 1. The van der Waals surface area contributed by atoms with E-state index in [9.17, 15) is 4.79 Å². The van der Waals surface area contributed by atoms with Crippen LogP contribution in [0.15, 0.2) is 24.3 Å². The second kappa shape index (κ2) is 6.39. The zero-order valence-corrected chi connectivity index (χ0v) is 15.2. The third kappa shape index (κ3) is 2.57. The van der Waals surface area contributed by atoms with Gasteiger partial charge in [-0.1, -0.05) is 24.6 Å². The number of para-hydroxylation sites is 1. The highest BCUT2D eigenvalue weighted by Crippen LogP contribution is 2.43. The van der Waals surface area contributed by atoms with Crippen molar-refractivity contribution in [1.82, 2.24) is 15.2 Å². The Balaban J connectivity index is 1.37. The van der Waals surface area contributed by atoms with E-state index in [0.717, 1.165) is 58.3 Å². The molecular formula is C21H27N3O2. The van der Waals surface area contributed by atoms with Gasteiger partial charge in [0.05, 0.1) is 18.3 Å². The lowest BCUT2D eigenvalue weighted by Crippen LogP contribution is -2.54. The molecule has 4 heterocycles. The summed E-state index contributed by atoms with van der Waals surface area (Å²) in [5.74, 6) is 0.284. The maximum Gasteiger partial charge on any atom is 0.239 e. The molecule has 0 unspecified atom stereocenters. The normalized spacial score (nSPS) is 25.4. The number of rotatable bonds is 1. The lowest BCUT2D eigenvalue weighted by Gasteiger charge is -2.44. The topological polar surface area (TPSA) is 57.4 Å². The minimum absolute atomic E-state index is 0.0220. The summed E-state index contributed by atoms with van der Waals surface area (Å²) in [6.07, 6.45) is 6.04. The summed E-state index contributed by atoms with van der Waals surface area (Å²) < 4.78 is 6.35. The molecule has 0 bridgehead atoms. The first-order valence-corrected chi connectivity index (χ1v) is 10.0. The van der Waals surface area contributed by atoms with Crippen LogP contribution in [0.5, 0.6) is 0 Å². The Morgan fingerprint density at radius 3 is 2.85 bits per heavy atom. The summed E-state index contributed by atoms with van der Waals surface area (Å²) in [5, 5.41) is 4.72. The van der Waals surface area contributed by atoms with Crippen molar-refractivity contribution in [3.63, 3.8) is 0 Å². The molecule has 1 aromatic heterocycles. The minimum Gasteiger partial charge on any atom is -0.368 e. The molecule has 0 saturated carbocycles. The van der Waals surface area contributed by atoms with Gasteiger partial charge in [0.25, 0.3) is 0 Å². The van der Waals surface area contributed by atoms with Gasteiger partial charge in [-0.2, -0.15) is 0 Å². The average molecular weight is 353 g/mol. The van der Waals surface area contributed by atoms with Gasteiger partial charge in [-0.3, -0.25) is 4.79 Å². The second-order valence-corrected chi connectivity index (χ2v) is 7.94. The quantitative estimate of drug-likeness (QED) is 0.829. The number of likely N-dealkylation sites (tertiary alicyclic amines) is 1. The summed E-state index contributed by atoms with van der Waals surface area (Å²) in [7, 11) is 0. The maximum atomic E-state index is 12.8. The second-order valence-electron chi connectivity index (χ2n) is 7.94. The van der Waals surface area contributed by atoms with Gasteiger partial charge in [0, 0.05) is 24.0 Å². The third-order valence-electron chi connectivity index (χ3n) is 6.49. The van der Waals surface area contributed by atoms with Gasteiger partial charge in [0.2, 0.25) is 5.91 Å². The Morgan fingerprint density at radius 2 is 2.04 bits per heavy atom. The Kier molecular flexibility index (Phi) is 4.02. The summed E-state index contributed by atoms with van der Waals surface area (Å²) in [6.45, 7) is 3.31. The highest BCUT2D eigenvalue weighted by atomic mass is 16.5. The fourth-order valence-corrected chi connectivity index (χ4v) is 5.03. The van der Waals surface area contributed by atoms with Crippen molar-refractivity contribution in [1.29, 1.82) is 0 Å². The van der Waals surface area contributed by atoms with Gasteiger partial charge >= 0.3 is 0 Å². The van der Waals surface area contributed by atoms with E-state index in [4.69, 9.17) is 4.74 Å². The Bertz CT molecular complexity index is 814. The van der Waals surface area contributed by atoms with Crippen LogP contribution >= 0.6 is 0 Å². The van der Waals surface area contributed by atoms with E-state index in [2.05, 4.69) is 39.5 Å². The smallest absolute Gasteiger partial charge is 0.239 e. The van der Waals surface area contributed by atoms with Crippen LogP contribution in [0.1, 0.15) is 43.4 Å². The monoisotopic (exact) mass is 353 g/mol. The molecule has 2 fully saturated rings. The van der Waals surface area contributed by atoms with Crippen LogP contribution in [-0.4, -0.2) is 48.1 Å². The van der Waals surface area contributed by atoms with E-state index in [0.29, 0.717) is 0 Å². The molecule has 5 heteroatoms. The summed E-state index contributed by atoms with van der Waals surface area (Å²) in [5.41, 5.74) is 3.63. The number of nitrogens with one attached hydrogen (secondary N) is 2. The molecule has 2 aromatic rings. The van der Waals surface area contributed by atoms with Crippen molar-refractivity contribution in [2.45, 2.75) is 50.2 Å². The van der Waals surface area contributed by atoms with Crippen molar-refractivity contribution >= 4 is 16.8 Å². The van der Waals surface area contributed by atoms with Gasteiger partial charge < -0.3 is 19.9 Å². The molecule has 3 aliphatic rings. The number of carbonyl (C=O) groups is 1. The third-order valence-corrected chi connectivity index (χ3v) is 6.49. The minimum atomic E-state index is -0.247. The first-order valence-electron chi connectivity index (χ1n) is 10.0. The van der Waals surface area contributed by atoms with Gasteiger partial charge in [-0.15, -0.1) is 0 Å². The van der Waals surface area contributed by atoms with E-state index < -0.39 is 0 Å². The van der Waals surface area contributed by atoms with Gasteiger partial charge in [-0.05, 0) is 50.3 Å². The van der Waals surface area contributed by atoms with Crippen molar-refractivity contribution in [3.05, 3.63) is 35.5 Å². The van der Waals surface area contributed by atoms with E-state index in [1.165, 1.54) is 28.6 Å². The Morgan fingerprint density at radius 1 is 1.19 bits per heavy atom. The van der Waals surface area contributed by atoms with Crippen molar-refractivity contribution in [2.24, 2.45) is 0 Å². The molecule has 1 spiro atoms. The van der Waals surface area contributed by atoms with Crippen LogP contribution < -0.4 is 5.32 Å². The van der Waals surface area contributed by atoms with E-state index >= 15 is 0 Å². The first kappa shape index (κ1) is 16.3. The van der Waals surface area contributed by atoms with Crippen LogP contribution in [-0.2, 0) is 21.6 Å². The number of ether oxygens (including phenoxy) is 1. The number of benzene rings is 1. The molecule has 2 saturated heterocycles. The number of piperidine rings is 2. The molecule has 2 N–H and O–H groups in total. The molecule has 138 valence electrons. The molecule has 1 amide bonds. The molecule has 26 heavy (non-hydrogen) atoms. The number of hydrogen-bond donors (Lipinski definition) is 2. The van der Waals surface area contributed by atoms with Gasteiger partial charge in [0.1, 0.15) is 5.60 Å². The number of carbonyl (C=O) groups excluding carboxylic acids is 1. The first-order chi connectivity index (χ1) is 12.8. The maximum absolute atomic E-state index is 12.8. The number of fused-ring (bicyclic) bond motifs is 4. The SMILES string of the molecule is O=C([C@@H]1CCCCN1)N1CCC2(CC1)OCCc1c2[nH]c2ccccc12. The number of hydrogen-bond acceptors (Lipinski definition) is 3. The van der Waals surface area contributed by atoms with E-state index in [-0.39, 0.29) is 17.6 Å². The molecule has 3 aliphatic heterocycles.